The molecule has 1 saturated heterocycles. The summed E-state index contributed by atoms with van der Waals surface area (Å²) in [7, 11) is 2.00. The van der Waals surface area contributed by atoms with Crippen molar-refractivity contribution in [3.05, 3.63) is 12.3 Å². The maximum Gasteiger partial charge on any atom is 0.224 e. The zero-order valence-electron chi connectivity index (χ0n) is 10.8. The summed E-state index contributed by atoms with van der Waals surface area (Å²) in [6, 6.07) is 2.49. The van der Waals surface area contributed by atoms with E-state index in [1.165, 1.54) is 0 Å². The molecule has 2 rings (SSSR count). The largest absolute Gasteiger partial charge is 0.396 e. The fraction of sp³-hybridized carbons (Fsp3) is 0.667. The predicted octanol–water partition coefficient (Wildman–Crippen LogP) is 0.0690. The maximum absolute atomic E-state index is 8.73. The van der Waals surface area contributed by atoms with Gasteiger partial charge in [-0.2, -0.15) is 4.98 Å². The molecule has 1 atom stereocenters. The van der Waals surface area contributed by atoms with Crippen molar-refractivity contribution in [3.63, 3.8) is 0 Å². The van der Waals surface area contributed by atoms with Crippen molar-refractivity contribution in [1.82, 2.24) is 15.3 Å². The molecule has 0 spiro atoms. The molecule has 6 heteroatoms. The average molecular weight is 251 g/mol. The normalized spacial score (nSPS) is 19.2. The van der Waals surface area contributed by atoms with Gasteiger partial charge in [-0.25, -0.2) is 4.98 Å². The minimum absolute atomic E-state index is 0.183. The highest BCUT2D eigenvalue weighted by atomic mass is 16.3. The predicted molar refractivity (Wildman–Crippen MR) is 71.9 cm³/mol. The smallest absolute Gasteiger partial charge is 0.224 e. The first-order valence-electron chi connectivity index (χ1n) is 6.43. The number of rotatable bonds is 6. The molecule has 0 amide bonds. The second-order valence-electron chi connectivity index (χ2n) is 4.46. The lowest BCUT2D eigenvalue weighted by Crippen LogP contribution is -2.30. The number of nitrogens with zero attached hydrogens (tertiary/aromatic N) is 3. The van der Waals surface area contributed by atoms with E-state index in [0.717, 1.165) is 25.3 Å². The highest BCUT2D eigenvalue weighted by molar-refractivity contribution is 5.43. The van der Waals surface area contributed by atoms with Gasteiger partial charge in [0.05, 0.1) is 0 Å². The van der Waals surface area contributed by atoms with Gasteiger partial charge in [0.15, 0.2) is 0 Å². The van der Waals surface area contributed by atoms with E-state index in [0.29, 0.717) is 25.0 Å². The molecule has 18 heavy (non-hydrogen) atoms. The van der Waals surface area contributed by atoms with E-state index in [-0.39, 0.29) is 6.61 Å². The fourth-order valence-electron chi connectivity index (χ4n) is 2.09. The highest BCUT2D eigenvalue weighted by Crippen LogP contribution is 2.18. The first kappa shape index (κ1) is 13.0. The van der Waals surface area contributed by atoms with Gasteiger partial charge < -0.3 is 20.6 Å². The van der Waals surface area contributed by atoms with Gasteiger partial charge in [0.1, 0.15) is 5.82 Å². The van der Waals surface area contributed by atoms with Crippen LogP contribution in [0.5, 0.6) is 0 Å². The summed E-state index contributed by atoms with van der Waals surface area (Å²) in [5.74, 6) is 1.60. The summed E-state index contributed by atoms with van der Waals surface area (Å²) in [4.78, 5) is 10.9. The molecule has 0 bridgehead atoms. The number of likely N-dealkylation sites (N-methyl/N-ethyl adjacent to an activating group) is 1. The quantitative estimate of drug-likeness (QED) is 0.621. The van der Waals surface area contributed by atoms with E-state index in [4.69, 9.17) is 5.11 Å². The van der Waals surface area contributed by atoms with Crippen LogP contribution < -0.4 is 15.5 Å². The zero-order valence-corrected chi connectivity index (χ0v) is 10.8. The fourth-order valence-corrected chi connectivity index (χ4v) is 2.09. The molecule has 0 aromatic carbocycles. The highest BCUT2D eigenvalue weighted by Gasteiger charge is 2.22. The van der Waals surface area contributed by atoms with Crippen LogP contribution in [0.3, 0.4) is 0 Å². The average Bonchev–Trinajstić information content (AvgIpc) is 2.88. The number of hydrogen-bond acceptors (Lipinski definition) is 6. The molecule has 1 aromatic rings. The molecule has 0 radical (unpaired) electrons. The number of nitrogens with one attached hydrogen (secondary N) is 2. The Morgan fingerprint density at radius 1 is 1.56 bits per heavy atom. The van der Waals surface area contributed by atoms with Crippen LogP contribution in [-0.2, 0) is 0 Å². The Kier molecular flexibility index (Phi) is 4.72. The van der Waals surface area contributed by atoms with E-state index >= 15 is 0 Å². The van der Waals surface area contributed by atoms with Crippen LogP contribution in [0.1, 0.15) is 12.8 Å². The third-order valence-electron chi connectivity index (χ3n) is 3.18. The van der Waals surface area contributed by atoms with Crippen molar-refractivity contribution >= 4 is 11.8 Å². The molecule has 0 aliphatic carbocycles. The lowest BCUT2D eigenvalue weighted by atomic mass is 10.3. The Balaban J connectivity index is 1.94. The summed E-state index contributed by atoms with van der Waals surface area (Å²) in [6.07, 6.45) is 3.63. The van der Waals surface area contributed by atoms with Gasteiger partial charge in [-0.3, -0.25) is 0 Å². The second-order valence-corrected chi connectivity index (χ2v) is 4.46. The summed E-state index contributed by atoms with van der Waals surface area (Å²) in [5, 5.41) is 15.1. The van der Waals surface area contributed by atoms with Crippen molar-refractivity contribution in [1.29, 1.82) is 0 Å². The summed E-state index contributed by atoms with van der Waals surface area (Å²) >= 11 is 0. The van der Waals surface area contributed by atoms with Gasteiger partial charge in [0.25, 0.3) is 0 Å². The van der Waals surface area contributed by atoms with Gasteiger partial charge in [0.2, 0.25) is 5.95 Å². The lowest BCUT2D eigenvalue weighted by molar-refractivity contribution is 0.292. The molecule has 1 aliphatic heterocycles. The Hall–Kier alpha value is -1.40. The third-order valence-corrected chi connectivity index (χ3v) is 3.18. The van der Waals surface area contributed by atoms with E-state index in [1.54, 1.807) is 6.20 Å². The van der Waals surface area contributed by atoms with Crippen LogP contribution in [0.4, 0.5) is 11.8 Å². The molecular formula is C12H21N5O. The van der Waals surface area contributed by atoms with Gasteiger partial charge in [0, 0.05) is 38.5 Å². The van der Waals surface area contributed by atoms with Gasteiger partial charge in [-0.15, -0.1) is 0 Å². The molecule has 1 aromatic heterocycles. The second kappa shape index (κ2) is 6.51. The molecule has 0 saturated carbocycles. The van der Waals surface area contributed by atoms with Crippen LogP contribution in [0, 0.1) is 0 Å². The van der Waals surface area contributed by atoms with Gasteiger partial charge >= 0.3 is 0 Å². The monoisotopic (exact) mass is 251 g/mol. The first-order valence-corrected chi connectivity index (χ1v) is 6.43. The van der Waals surface area contributed by atoms with Crippen LogP contribution in [-0.4, -0.2) is 54.4 Å². The van der Waals surface area contributed by atoms with Crippen molar-refractivity contribution in [2.24, 2.45) is 0 Å². The number of aromatic nitrogens is 2. The molecule has 3 N–H and O–H groups in total. The number of aliphatic hydroxyl groups is 1. The van der Waals surface area contributed by atoms with Crippen molar-refractivity contribution in [2.75, 3.05) is 43.5 Å². The Morgan fingerprint density at radius 2 is 2.44 bits per heavy atom. The Labute approximate surface area is 107 Å². The maximum atomic E-state index is 8.73. The van der Waals surface area contributed by atoms with E-state index in [1.807, 2.05) is 13.1 Å². The van der Waals surface area contributed by atoms with E-state index < -0.39 is 0 Å². The Bertz CT molecular complexity index is 373. The summed E-state index contributed by atoms with van der Waals surface area (Å²) < 4.78 is 0. The van der Waals surface area contributed by atoms with Crippen molar-refractivity contribution < 1.29 is 5.11 Å². The Morgan fingerprint density at radius 3 is 3.17 bits per heavy atom. The van der Waals surface area contributed by atoms with Gasteiger partial charge in [-0.05, 0) is 26.0 Å². The minimum Gasteiger partial charge on any atom is -0.396 e. The zero-order chi connectivity index (χ0) is 12.8. The van der Waals surface area contributed by atoms with E-state index in [9.17, 15) is 0 Å². The molecule has 0 unspecified atom stereocenters. The van der Waals surface area contributed by atoms with Gasteiger partial charge in [-0.1, -0.05) is 0 Å². The molecule has 1 aliphatic rings. The summed E-state index contributed by atoms with van der Waals surface area (Å²) in [6.45, 7) is 2.89. The van der Waals surface area contributed by atoms with Crippen molar-refractivity contribution in [3.8, 4) is 0 Å². The SMILES string of the molecule is CN[C@@H]1CCN(c2ccnc(NCCCO)n2)C1. The lowest BCUT2D eigenvalue weighted by Gasteiger charge is -2.17. The molecule has 1 fully saturated rings. The standard InChI is InChI=1S/C12H21N5O/c1-13-10-4-7-17(9-10)11-3-6-15-12(16-11)14-5-2-8-18/h3,6,10,13,18H,2,4-5,7-9H2,1H3,(H,14,15,16)/t10-/m1/s1. The van der Waals surface area contributed by atoms with Crippen LogP contribution in [0.15, 0.2) is 12.3 Å². The molecule has 100 valence electrons. The number of hydrogen-bond donors (Lipinski definition) is 3. The van der Waals surface area contributed by atoms with Crippen molar-refractivity contribution in [2.45, 2.75) is 18.9 Å². The molecule has 6 nitrogen and oxygen atoms in total. The minimum atomic E-state index is 0.183. The third kappa shape index (κ3) is 3.30. The summed E-state index contributed by atoms with van der Waals surface area (Å²) in [5.41, 5.74) is 0. The molecule has 2 heterocycles. The topological polar surface area (TPSA) is 73.3 Å². The van der Waals surface area contributed by atoms with Crippen LogP contribution in [0.25, 0.3) is 0 Å². The number of anilines is 2. The molecular weight excluding hydrogens is 230 g/mol. The first-order chi connectivity index (χ1) is 8.83. The van der Waals surface area contributed by atoms with Crippen LogP contribution >= 0.6 is 0 Å². The number of aliphatic hydroxyl groups excluding tert-OH is 1. The van der Waals surface area contributed by atoms with E-state index in [2.05, 4.69) is 25.5 Å². The van der Waals surface area contributed by atoms with Crippen LogP contribution in [0.2, 0.25) is 0 Å².